The van der Waals surface area contributed by atoms with Gasteiger partial charge in [0.05, 0.1) is 11.0 Å². The van der Waals surface area contributed by atoms with Crippen LogP contribution in [0.4, 0.5) is 17.1 Å². The van der Waals surface area contributed by atoms with Crippen LogP contribution in [0, 0.1) is 0 Å². The summed E-state index contributed by atoms with van der Waals surface area (Å²) in [6.07, 6.45) is 9.23. The van der Waals surface area contributed by atoms with Crippen molar-refractivity contribution < 1.29 is 4.57 Å². The summed E-state index contributed by atoms with van der Waals surface area (Å²) < 4.78 is 2.63. The summed E-state index contributed by atoms with van der Waals surface area (Å²) in [4.78, 5) is 2.44. The highest BCUT2D eigenvalue weighted by Crippen LogP contribution is 2.52. The van der Waals surface area contributed by atoms with Gasteiger partial charge >= 0.3 is 0 Å². The van der Waals surface area contributed by atoms with Crippen LogP contribution in [-0.2, 0) is 11.0 Å². The van der Waals surface area contributed by atoms with Crippen molar-refractivity contribution in [1.29, 1.82) is 0 Å². The molecule has 5 rings (SSSR count). The van der Waals surface area contributed by atoms with E-state index in [0.29, 0.717) is 5.92 Å². The Morgan fingerprint density at radius 1 is 0.700 bits per heavy atom. The van der Waals surface area contributed by atoms with E-state index in [2.05, 4.69) is 148 Å². The maximum absolute atomic E-state index is 2.63. The minimum absolute atomic E-state index is 0.0393. The van der Waals surface area contributed by atoms with E-state index in [4.69, 9.17) is 0 Å². The fourth-order valence-electron chi connectivity index (χ4n) is 7.69. The molecular formula is C38H47N2+. The lowest BCUT2D eigenvalue weighted by atomic mass is 9.58. The first-order chi connectivity index (χ1) is 19.5. The first-order valence-electron chi connectivity index (χ1n) is 15.6. The smallest absolute Gasteiger partial charge is 0.213 e. The van der Waals surface area contributed by atoms with E-state index in [9.17, 15) is 0 Å². The van der Waals surface area contributed by atoms with Crippen molar-refractivity contribution in [3.63, 3.8) is 0 Å². The maximum atomic E-state index is 2.63. The van der Waals surface area contributed by atoms with Crippen molar-refractivity contribution in [2.75, 3.05) is 4.90 Å². The molecule has 0 spiro atoms. The zero-order valence-corrected chi connectivity index (χ0v) is 25.5. The van der Waals surface area contributed by atoms with E-state index in [1.165, 1.54) is 52.3 Å². The number of pyridine rings is 1. The molecule has 1 aliphatic rings. The highest BCUT2D eigenvalue weighted by atomic mass is 15.1. The standard InChI is InChI=1S/C38H47N2/c1-7-25-38(11-5)37(6,10-4)35-24-23-33(28-34(35)36-22-15-16-26-39(36)38)40(31-19-13-12-14-20-31)32-21-17-18-30(27-32)29(8-2)9-3/h12-24,26-29H,7-11,25H2,1-6H3/q+1. The van der Waals surface area contributed by atoms with Gasteiger partial charge in [0.1, 0.15) is 0 Å². The predicted octanol–water partition coefficient (Wildman–Crippen LogP) is 10.6. The first kappa shape index (κ1) is 28.1. The van der Waals surface area contributed by atoms with Gasteiger partial charge in [-0.3, -0.25) is 0 Å². The summed E-state index contributed by atoms with van der Waals surface area (Å²) in [5.41, 5.74) is 9.32. The van der Waals surface area contributed by atoms with Crippen LogP contribution in [-0.4, -0.2) is 0 Å². The number of aromatic nitrogens is 1. The third kappa shape index (κ3) is 4.46. The highest BCUT2D eigenvalue weighted by Gasteiger charge is 2.58. The molecule has 4 aromatic rings. The van der Waals surface area contributed by atoms with Gasteiger partial charge in [0.25, 0.3) is 0 Å². The molecule has 2 unspecified atom stereocenters. The fourth-order valence-corrected chi connectivity index (χ4v) is 7.69. The molecule has 1 aromatic heterocycles. The molecule has 2 heteroatoms. The van der Waals surface area contributed by atoms with Gasteiger partial charge in [-0.15, -0.1) is 0 Å². The van der Waals surface area contributed by atoms with E-state index in [1.807, 2.05) is 0 Å². The monoisotopic (exact) mass is 531 g/mol. The number of hydrogen-bond donors (Lipinski definition) is 0. The molecule has 0 fully saturated rings. The average Bonchev–Trinajstić information content (AvgIpc) is 3.01. The Morgan fingerprint density at radius 2 is 1.40 bits per heavy atom. The minimum Gasteiger partial charge on any atom is -0.310 e. The van der Waals surface area contributed by atoms with Crippen LogP contribution < -0.4 is 9.47 Å². The van der Waals surface area contributed by atoms with E-state index >= 15 is 0 Å². The number of anilines is 3. The molecule has 2 nitrogen and oxygen atoms in total. The summed E-state index contributed by atoms with van der Waals surface area (Å²) in [6, 6.07) is 34.1. The van der Waals surface area contributed by atoms with Gasteiger partial charge < -0.3 is 4.90 Å². The summed E-state index contributed by atoms with van der Waals surface area (Å²) in [6.45, 7) is 14.2. The van der Waals surface area contributed by atoms with Gasteiger partial charge in [0.15, 0.2) is 11.7 Å². The van der Waals surface area contributed by atoms with Crippen LogP contribution in [0.15, 0.2) is 97.2 Å². The molecule has 0 radical (unpaired) electrons. The van der Waals surface area contributed by atoms with Gasteiger partial charge in [0.2, 0.25) is 5.69 Å². The third-order valence-corrected chi connectivity index (χ3v) is 10.0. The minimum atomic E-state index is 0.0393. The zero-order valence-electron chi connectivity index (χ0n) is 25.5. The number of nitrogens with zero attached hydrogens (tertiary/aromatic N) is 2. The summed E-state index contributed by atoms with van der Waals surface area (Å²) in [5.74, 6) is 0.579. The van der Waals surface area contributed by atoms with Gasteiger partial charge in [-0.25, -0.2) is 0 Å². The van der Waals surface area contributed by atoms with Crippen LogP contribution >= 0.6 is 0 Å². The van der Waals surface area contributed by atoms with Gasteiger partial charge in [-0.1, -0.05) is 71.0 Å². The van der Waals surface area contributed by atoms with E-state index in [1.54, 1.807) is 0 Å². The van der Waals surface area contributed by atoms with Crippen molar-refractivity contribution in [3.8, 4) is 11.3 Å². The number of benzene rings is 3. The largest absolute Gasteiger partial charge is 0.310 e. The predicted molar refractivity (Wildman–Crippen MR) is 171 cm³/mol. The molecule has 1 aliphatic heterocycles. The second-order valence-electron chi connectivity index (χ2n) is 11.8. The number of rotatable bonds is 10. The SMILES string of the molecule is CCCC1(CC)[n+]2ccccc2-c2cc(N(c3ccccc3)c3cccc(C(CC)CC)c3)ccc2C1(C)CC. The van der Waals surface area contributed by atoms with Crippen molar-refractivity contribution in [2.45, 2.75) is 96.9 Å². The van der Waals surface area contributed by atoms with Crippen molar-refractivity contribution in [3.05, 3.63) is 108 Å². The van der Waals surface area contributed by atoms with E-state index in [0.717, 1.165) is 25.7 Å². The number of hydrogen-bond acceptors (Lipinski definition) is 1. The van der Waals surface area contributed by atoms with Crippen LogP contribution in [0.1, 0.15) is 97.1 Å². The van der Waals surface area contributed by atoms with Crippen molar-refractivity contribution >= 4 is 17.1 Å². The summed E-state index contributed by atoms with van der Waals surface area (Å²) in [5, 5.41) is 0. The lowest BCUT2D eigenvalue weighted by Gasteiger charge is -2.48. The molecule has 0 saturated heterocycles. The normalized spacial score (nSPS) is 19.8. The molecule has 0 aliphatic carbocycles. The molecule has 208 valence electrons. The molecule has 0 amide bonds. The second-order valence-corrected chi connectivity index (χ2v) is 11.8. The third-order valence-electron chi connectivity index (χ3n) is 10.0. The molecule has 2 heterocycles. The average molecular weight is 532 g/mol. The van der Waals surface area contributed by atoms with Crippen LogP contribution in [0.2, 0.25) is 0 Å². The van der Waals surface area contributed by atoms with Gasteiger partial charge in [-0.05, 0) is 92.1 Å². The van der Waals surface area contributed by atoms with Crippen LogP contribution in [0.3, 0.4) is 0 Å². The number of fused-ring (bicyclic) bond motifs is 3. The van der Waals surface area contributed by atoms with Crippen LogP contribution in [0.25, 0.3) is 11.3 Å². The first-order valence-corrected chi connectivity index (χ1v) is 15.6. The lowest BCUT2D eigenvalue weighted by Crippen LogP contribution is -2.69. The Bertz CT molecular complexity index is 1440. The molecule has 0 bridgehead atoms. The molecule has 0 N–H and O–H groups in total. The summed E-state index contributed by atoms with van der Waals surface area (Å²) >= 11 is 0. The number of para-hydroxylation sites is 1. The maximum Gasteiger partial charge on any atom is 0.213 e. The quantitative estimate of drug-likeness (QED) is 0.185. The Morgan fingerprint density at radius 3 is 2.08 bits per heavy atom. The molecule has 3 aromatic carbocycles. The van der Waals surface area contributed by atoms with Crippen molar-refractivity contribution in [1.82, 2.24) is 0 Å². The molecular weight excluding hydrogens is 484 g/mol. The molecule has 40 heavy (non-hydrogen) atoms. The van der Waals surface area contributed by atoms with Crippen LogP contribution in [0.5, 0.6) is 0 Å². The Hall–Kier alpha value is -3.39. The topological polar surface area (TPSA) is 7.12 Å². The Balaban J connectivity index is 1.74. The van der Waals surface area contributed by atoms with Gasteiger partial charge in [-0.2, -0.15) is 4.57 Å². The highest BCUT2D eigenvalue weighted by molar-refractivity contribution is 5.81. The van der Waals surface area contributed by atoms with E-state index < -0.39 is 0 Å². The Kier molecular flexibility index (Phi) is 8.17. The second kappa shape index (κ2) is 11.6. The van der Waals surface area contributed by atoms with E-state index in [-0.39, 0.29) is 11.0 Å². The lowest BCUT2D eigenvalue weighted by molar-refractivity contribution is -0.770. The Labute approximate surface area is 242 Å². The fraction of sp³-hybridized carbons (Fsp3) is 0.395. The zero-order chi connectivity index (χ0) is 28.3. The summed E-state index contributed by atoms with van der Waals surface area (Å²) in [7, 11) is 0. The van der Waals surface area contributed by atoms with Gasteiger partial charge in [0, 0.05) is 42.0 Å². The molecule has 0 saturated carbocycles. The molecule has 2 atom stereocenters. The van der Waals surface area contributed by atoms with Crippen molar-refractivity contribution in [2.24, 2.45) is 0 Å².